The third-order valence-corrected chi connectivity index (χ3v) is 6.83. The Bertz CT molecular complexity index is 1260. The van der Waals surface area contributed by atoms with Crippen molar-refractivity contribution in [1.29, 1.82) is 0 Å². The van der Waals surface area contributed by atoms with Gasteiger partial charge in [-0.1, -0.05) is 68.2 Å². The van der Waals surface area contributed by atoms with Crippen LogP contribution < -0.4 is 0 Å². The predicted molar refractivity (Wildman–Crippen MR) is 141 cm³/mol. The molecule has 0 amide bonds. The van der Waals surface area contributed by atoms with E-state index in [9.17, 15) is 4.79 Å². The number of fused-ring (bicyclic) bond motifs is 1. The van der Waals surface area contributed by atoms with Gasteiger partial charge < -0.3 is 13.8 Å². The SMILES string of the molecule is COC(=O)C(CCCC(C)C)n1cc(CCc2ccccc2)c2cc(-c3c(C)noc3C)ccc21. The van der Waals surface area contributed by atoms with Crippen LogP contribution in [0.4, 0.5) is 0 Å². The number of aryl methyl sites for hydroxylation is 4. The van der Waals surface area contributed by atoms with Crippen molar-refractivity contribution in [1.82, 2.24) is 9.72 Å². The molecule has 0 saturated carbocycles. The Morgan fingerprint density at radius 1 is 1.06 bits per heavy atom. The first kappa shape index (κ1) is 24.8. The lowest BCUT2D eigenvalue weighted by Gasteiger charge is -2.18. The van der Waals surface area contributed by atoms with Gasteiger partial charge in [0.25, 0.3) is 0 Å². The standard InChI is InChI=1S/C30H36N2O3/c1-20(2)10-9-13-28(30(33)34-5)32-19-25(15-14-23-11-7-6-8-12-23)26-18-24(16-17-27(26)32)29-21(3)31-35-22(29)4/h6-8,11-12,16-20,28H,9-10,13-15H2,1-5H3. The van der Waals surface area contributed by atoms with E-state index in [4.69, 9.17) is 9.26 Å². The van der Waals surface area contributed by atoms with Gasteiger partial charge in [-0.05, 0) is 67.9 Å². The minimum Gasteiger partial charge on any atom is -0.467 e. The Morgan fingerprint density at radius 2 is 1.83 bits per heavy atom. The first-order valence-electron chi connectivity index (χ1n) is 12.6. The number of hydrogen-bond donors (Lipinski definition) is 0. The lowest BCUT2D eigenvalue weighted by molar-refractivity contribution is -0.144. The molecule has 0 aliphatic rings. The van der Waals surface area contributed by atoms with Crippen molar-refractivity contribution >= 4 is 16.9 Å². The largest absolute Gasteiger partial charge is 0.467 e. The third kappa shape index (κ3) is 5.50. The van der Waals surface area contributed by atoms with Crippen LogP contribution in [0, 0.1) is 19.8 Å². The minimum absolute atomic E-state index is 0.185. The number of benzene rings is 2. The second kappa shape index (κ2) is 10.9. The number of ether oxygens (including phenoxy) is 1. The van der Waals surface area contributed by atoms with Gasteiger partial charge in [0.15, 0.2) is 0 Å². The van der Waals surface area contributed by atoms with Crippen LogP contribution in [0.3, 0.4) is 0 Å². The van der Waals surface area contributed by atoms with Crippen molar-refractivity contribution in [3.05, 3.63) is 77.3 Å². The summed E-state index contributed by atoms with van der Waals surface area (Å²) >= 11 is 0. The Morgan fingerprint density at radius 3 is 2.49 bits per heavy atom. The number of rotatable bonds is 10. The lowest BCUT2D eigenvalue weighted by Crippen LogP contribution is -2.20. The molecular formula is C30H36N2O3. The van der Waals surface area contributed by atoms with Gasteiger partial charge in [0, 0.05) is 22.7 Å². The minimum atomic E-state index is -0.336. The molecule has 4 rings (SSSR count). The average Bonchev–Trinajstić information content (AvgIpc) is 3.39. The summed E-state index contributed by atoms with van der Waals surface area (Å²) in [6, 6.07) is 16.7. The van der Waals surface area contributed by atoms with E-state index in [1.807, 2.05) is 19.9 Å². The molecule has 0 aliphatic carbocycles. The third-order valence-electron chi connectivity index (χ3n) is 6.83. The maximum Gasteiger partial charge on any atom is 0.328 e. The van der Waals surface area contributed by atoms with E-state index in [1.54, 1.807) is 0 Å². The summed E-state index contributed by atoms with van der Waals surface area (Å²) in [4.78, 5) is 12.9. The Kier molecular flexibility index (Phi) is 7.74. The molecule has 0 saturated heterocycles. The highest BCUT2D eigenvalue weighted by atomic mass is 16.5. The van der Waals surface area contributed by atoms with Crippen LogP contribution in [0.15, 0.2) is 59.3 Å². The van der Waals surface area contributed by atoms with Crippen molar-refractivity contribution < 1.29 is 14.1 Å². The van der Waals surface area contributed by atoms with Gasteiger partial charge in [-0.15, -0.1) is 0 Å². The molecule has 0 N–H and O–H groups in total. The highest BCUT2D eigenvalue weighted by Crippen LogP contribution is 2.34. The molecule has 35 heavy (non-hydrogen) atoms. The number of carbonyl (C=O) groups is 1. The summed E-state index contributed by atoms with van der Waals surface area (Å²) in [5.74, 6) is 1.23. The number of esters is 1. The molecule has 0 aliphatic heterocycles. The fourth-order valence-electron chi connectivity index (χ4n) is 4.98. The first-order valence-corrected chi connectivity index (χ1v) is 12.6. The van der Waals surface area contributed by atoms with Crippen LogP contribution in [0.2, 0.25) is 0 Å². The van der Waals surface area contributed by atoms with Crippen molar-refractivity contribution in [3.63, 3.8) is 0 Å². The Balaban J connectivity index is 1.78. The van der Waals surface area contributed by atoms with E-state index in [-0.39, 0.29) is 12.0 Å². The lowest BCUT2D eigenvalue weighted by atomic mass is 9.99. The Labute approximate surface area is 208 Å². The van der Waals surface area contributed by atoms with Crippen LogP contribution >= 0.6 is 0 Å². The molecule has 1 unspecified atom stereocenters. The molecule has 0 radical (unpaired) electrons. The van der Waals surface area contributed by atoms with Crippen LogP contribution in [0.5, 0.6) is 0 Å². The highest BCUT2D eigenvalue weighted by molar-refractivity contribution is 5.90. The highest BCUT2D eigenvalue weighted by Gasteiger charge is 2.24. The van der Waals surface area contributed by atoms with Crippen LogP contribution in [0.25, 0.3) is 22.0 Å². The van der Waals surface area contributed by atoms with E-state index in [0.29, 0.717) is 5.92 Å². The first-order chi connectivity index (χ1) is 16.9. The summed E-state index contributed by atoms with van der Waals surface area (Å²) in [6.45, 7) is 8.36. The monoisotopic (exact) mass is 472 g/mol. The van der Waals surface area contributed by atoms with Crippen molar-refractivity contribution in [2.75, 3.05) is 7.11 Å². The summed E-state index contributed by atoms with van der Waals surface area (Å²) in [5.41, 5.74) is 6.60. The van der Waals surface area contributed by atoms with Crippen molar-refractivity contribution in [2.45, 2.75) is 65.8 Å². The quantitative estimate of drug-likeness (QED) is 0.228. The van der Waals surface area contributed by atoms with Gasteiger partial charge in [-0.25, -0.2) is 4.79 Å². The molecule has 0 bridgehead atoms. The van der Waals surface area contributed by atoms with Crippen molar-refractivity contribution in [2.24, 2.45) is 5.92 Å². The van der Waals surface area contributed by atoms with Gasteiger partial charge in [0.05, 0.1) is 12.8 Å². The van der Waals surface area contributed by atoms with Gasteiger partial charge in [-0.2, -0.15) is 0 Å². The smallest absolute Gasteiger partial charge is 0.328 e. The molecule has 1 atom stereocenters. The number of carbonyl (C=O) groups excluding carboxylic acids is 1. The molecule has 0 fully saturated rings. The normalized spacial score (nSPS) is 12.4. The molecule has 2 aromatic heterocycles. The molecule has 5 nitrogen and oxygen atoms in total. The van der Waals surface area contributed by atoms with E-state index in [1.165, 1.54) is 18.2 Å². The van der Waals surface area contributed by atoms with E-state index >= 15 is 0 Å². The summed E-state index contributed by atoms with van der Waals surface area (Å²) < 4.78 is 12.8. The number of hydrogen-bond acceptors (Lipinski definition) is 4. The van der Waals surface area contributed by atoms with Crippen LogP contribution in [-0.4, -0.2) is 22.8 Å². The fourth-order valence-corrected chi connectivity index (χ4v) is 4.98. The fraction of sp³-hybridized carbons (Fsp3) is 0.400. The second-order valence-corrected chi connectivity index (χ2v) is 9.84. The number of nitrogens with zero attached hydrogens (tertiary/aromatic N) is 2. The average molecular weight is 473 g/mol. The van der Waals surface area contributed by atoms with Crippen LogP contribution in [-0.2, 0) is 22.4 Å². The van der Waals surface area contributed by atoms with Gasteiger partial charge >= 0.3 is 5.97 Å². The zero-order valence-corrected chi connectivity index (χ0v) is 21.5. The summed E-state index contributed by atoms with van der Waals surface area (Å²) in [5, 5.41) is 5.31. The number of aromatic nitrogens is 2. The zero-order chi connectivity index (χ0) is 24.9. The molecule has 4 aromatic rings. The predicted octanol–water partition coefficient (Wildman–Crippen LogP) is 7.24. The molecular weight excluding hydrogens is 436 g/mol. The van der Waals surface area contributed by atoms with Gasteiger partial charge in [-0.3, -0.25) is 0 Å². The maximum absolute atomic E-state index is 12.9. The molecule has 0 spiro atoms. The zero-order valence-electron chi connectivity index (χ0n) is 21.5. The van der Waals surface area contributed by atoms with E-state index in [2.05, 4.69) is 72.2 Å². The van der Waals surface area contributed by atoms with Crippen molar-refractivity contribution in [3.8, 4) is 11.1 Å². The van der Waals surface area contributed by atoms with E-state index < -0.39 is 0 Å². The second-order valence-electron chi connectivity index (χ2n) is 9.84. The van der Waals surface area contributed by atoms with Gasteiger partial charge in [0.1, 0.15) is 11.8 Å². The Hall–Kier alpha value is -3.34. The number of methoxy groups -OCH3 is 1. The topological polar surface area (TPSA) is 57.3 Å². The molecule has 184 valence electrons. The van der Waals surface area contributed by atoms with Gasteiger partial charge in [0.2, 0.25) is 0 Å². The molecule has 2 aromatic carbocycles. The molecule has 2 heterocycles. The summed E-state index contributed by atoms with van der Waals surface area (Å²) in [7, 11) is 1.48. The maximum atomic E-state index is 12.9. The van der Waals surface area contributed by atoms with E-state index in [0.717, 1.165) is 65.6 Å². The summed E-state index contributed by atoms with van der Waals surface area (Å²) in [6.07, 6.45) is 6.82. The molecule has 5 heteroatoms. The van der Waals surface area contributed by atoms with Crippen LogP contribution in [0.1, 0.15) is 61.7 Å².